The summed E-state index contributed by atoms with van der Waals surface area (Å²) < 4.78 is 10.4. The third-order valence-electron chi connectivity index (χ3n) is 4.53. The minimum atomic E-state index is -0.893. The SMILES string of the molecule is COC(=O)c1sc(NC(=O)CN2C(=O)C(C(C)C)Oc3cc([N+](=O)[O-])ccc32)nc1C. The number of thiazole rings is 1. The topological polar surface area (TPSA) is 141 Å². The molecule has 164 valence electrons. The first-order chi connectivity index (χ1) is 14.6. The number of esters is 1. The molecule has 1 aromatic heterocycles. The molecule has 0 radical (unpaired) electrons. The van der Waals surface area contributed by atoms with Crippen molar-refractivity contribution in [3.05, 3.63) is 38.9 Å². The van der Waals surface area contributed by atoms with Crippen molar-refractivity contribution >= 4 is 45.6 Å². The quantitative estimate of drug-likeness (QED) is 0.404. The van der Waals surface area contributed by atoms with Gasteiger partial charge in [-0.3, -0.25) is 24.6 Å². The lowest BCUT2D eigenvalue weighted by atomic mass is 10.0. The summed E-state index contributed by atoms with van der Waals surface area (Å²) in [6.07, 6.45) is -0.893. The number of nitrogens with zero attached hydrogens (tertiary/aromatic N) is 3. The van der Waals surface area contributed by atoms with E-state index >= 15 is 0 Å². The highest BCUT2D eigenvalue weighted by Gasteiger charge is 2.38. The molecule has 31 heavy (non-hydrogen) atoms. The first kappa shape index (κ1) is 22.2. The Kier molecular flexibility index (Phi) is 6.20. The van der Waals surface area contributed by atoms with E-state index in [1.807, 2.05) is 0 Å². The van der Waals surface area contributed by atoms with Gasteiger partial charge in [0.25, 0.3) is 11.6 Å². The lowest BCUT2D eigenvalue weighted by molar-refractivity contribution is -0.384. The Bertz CT molecular complexity index is 1070. The van der Waals surface area contributed by atoms with E-state index in [4.69, 9.17) is 4.74 Å². The fraction of sp³-hybridized carbons (Fsp3) is 0.368. The number of hydrogen-bond donors (Lipinski definition) is 1. The number of nitro benzene ring substituents is 1. The van der Waals surface area contributed by atoms with E-state index in [1.54, 1.807) is 20.8 Å². The molecule has 0 spiro atoms. The molecule has 0 fully saturated rings. The van der Waals surface area contributed by atoms with Gasteiger partial charge in [-0.2, -0.15) is 0 Å². The molecule has 1 atom stereocenters. The summed E-state index contributed by atoms with van der Waals surface area (Å²) in [7, 11) is 1.25. The van der Waals surface area contributed by atoms with Crippen LogP contribution in [-0.2, 0) is 14.3 Å². The maximum Gasteiger partial charge on any atom is 0.350 e. The molecule has 0 saturated carbocycles. The number of carbonyl (C=O) groups is 3. The molecule has 1 aliphatic rings. The molecule has 1 aliphatic heterocycles. The van der Waals surface area contributed by atoms with Crippen LogP contribution >= 0.6 is 11.3 Å². The summed E-state index contributed by atoms with van der Waals surface area (Å²) in [5, 5.41) is 13.9. The maximum atomic E-state index is 12.9. The Balaban J connectivity index is 1.85. The van der Waals surface area contributed by atoms with Crippen molar-refractivity contribution in [2.45, 2.75) is 26.9 Å². The van der Waals surface area contributed by atoms with Crippen molar-refractivity contribution in [2.75, 3.05) is 23.9 Å². The van der Waals surface area contributed by atoms with E-state index in [1.165, 1.54) is 30.2 Å². The van der Waals surface area contributed by atoms with Crippen molar-refractivity contribution in [1.82, 2.24) is 4.98 Å². The van der Waals surface area contributed by atoms with Gasteiger partial charge >= 0.3 is 5.97 Å². The van der Waals surface area contributed by atoms with Gasteiger partial charge < -0.3 is 14.8 Å². The largest absolute Gasteiger partial charge is 0.478 e. The summed E-state index contributed by atoms with van der Waals surface area (Å²) in [5.74, 6) is -1.62. The summed E-state index contributed by atoms with van der Waals surface area (Å²) in [6, 6.07) is 3.84. The number of non-ortho nitro benzene ring substituents is 1. The highest BCUT2D eigenvalue weighted by Crippen LogP contribution is 2.38. The molecule has 0 bridgehead atoms. The third kappa shape index (κ3) is 4.48. The zero-order chi connectivity index (χ0) is 22.9. The van der Waals surface area contributed by atoms with Crippen LogP contribution in [0.4, 0.5) is 16.5 Å². The van der Waals surface area contributed by atoms with E-state index in [0.717, 1.165) is 11.3 Å². The average Bonchev–Trinajstić information content (AvgIpc) is 3.08. The molecule has 2 aromatic rings. The van der Waals surface area contributed by atoms with Gasteiger partial charge in [0.2, 0.25) is 5.91 Å². The number of anilines is 2. The maximum absolute atomic E-state index is 12.9. The van der Waals surface area contributed by atoms with Gasteiger partial charge in [-0.1, -0.05) is 25.2 Å². The van der Waals surface area contributed by atoms with Gasteiger partial charge in [-0.05, 0) is 18.9 Å². The lowest BCUT2D eigenvalue weighted by Gasteiger charge is -2.35. The van der Waals surface area contributed by atoms with E-state index < -0.39 is 28.8 Å². The van der Waals surface area contributed by atoms with Gasteiger partial charge in [0.05, 0.1) is 29.5 Å². The number of methoxy groups -OCH3 is 1. The Morgan fingerprint density at radius 1 is 1.42 bits per heavy atom. The molecule has 2 heterocycles. The summed E-state index contributed by atoms with van der Waals surface area (Å²) >= 11 is 0.959. The van der Waals surface area contributed by atoms with Crippen LogP contribution in [0, 0.1) is 23.0 Å². The van der Waals surface area contributed by atoms with E-state index in [0.29, 0.717) is 5.69 Å². The number of ether oxygens (including phenoxy) is 2. The normalized spacial score (nSPS) is 15.3. The predicted octanol–water partition coefficient (Wildman–Crippen LogP) is 2.54. The second-order valence-electron chi connectivity index (χ2n) is 7.09. The van der Waals surface area contributed by atoms with Crippen LogP contribution in [0.15, 0.2) is 18.2 Å². The predicted molar refractivity (Wildman–Crippen MR) is 112 cm³/mol. The number of rotatable bonds is 6. The summed E-state index contributed by atoms with van der Waals surface area (Å²) in [4.78, 5) is 53.5. The van der Waals surface area contributed by atoms with E-state index in [2.05, 4.69) is 15.0 Å². The third-order valence-corrected chi connectivity index (χ3v) is 5.58. The van der Waals surface area contributed by atoms with Crippen molar-refractivity contribution in [3.8, 4) is 5.75 Å². The second kappa shape index (κ2) is 8.68. The standard InChI is InChI=1S/C19H20N4O7S/c1-9(2)15-17(25)22(12-6-5-11(23(27)28)7-13(12)30-15)8-14(24)21-19-20-10(3)16(31-19)18(26)29-4/h5-7,9,15H,8H2,1-4H3,(H,20,21,24). The molecular formula is C19H20N4O7S. The molecule has 0 aliphatic carbocycles. The van der Waals surface area contributed by atoms with Gasteiger partial charge in [-0.25, -0.2) is 9.78 Å². The Morgan fingerprint density at radius 3 is 2.74 bits per heavy atom. The summed E-state index contributed by atoms with van der Waals surface area (Å²) in [5.41, 5.74) is 0.481. The fourth-order valence-electron chi connectivity index (χ4n) is 3.01. The number of hydrogen-bond acceptors (Lipinski definition) is 9. The van der Waals surface area contributed by atoms with Crippen molar-refractivity contribution in [2.24, 2.45) is 5.92 Å². The molecule has 1 aromatic carbocycles. The molecule has 3 rings (SSSR count). The number of aryl methyl sites for hydroxylation is 1. The number of amides is 2. The monoisotopic (exact) mass is 448 g/mol. The van der Waals surface area contributed by atoms with Crippen molar-refractivity contribution in [3.63, 3.8) is 0 Å². The highest BCUT2D eigenvalue weighted by atomic mass is 32.1. The Hall–Kier alpha value is -3.54. The fourth-order valence-corrected chi connectivity index (χ4v) is 3.91. The zero-order valence-electron chi connectivity index (χ0n) is 17.2. The second-order valence-corrected chi connectivity index (χ2v) is 8.09. The van der Waals surface area contributed by atoms with Crippen LogP contribution in [0.3, 0.4) is 0 Å². The first-order valence-corrected chi connectivity index (χ1v) is 10.1. The molecule has 0 saturated heterocycles. The number of carbonyl (C=O) groups excluding carboxylic acids is 3. The number of benzene rings is 1. The van der Waals surface area contributed by atoms with Gasteiger partial charge in [0.1, 0.15) is 11.4 Å². The highest BCUT2D eigenvalue weighted by molar-refractivity contribution is 7.17. The van der Waals surface area contributed by atoms with Crippen LogP contribution < -0.4 is 15.0 Å². The molecular weight excluding hydrogens is 428 g/mol. The number of fused-ring (bicyclic) bond motifs is 1. The Labute approximate surface area is 181 Å². The number of nitrogens with one attached hydrogen (secondary N) is 1. The minimum Gasteiger partial charge on any atom is -0.478 e. The smallest absolute Gasteiger partial charge is 0.350 e. The number of nitro groups is 1. The van der Waals surface area contributed by atoms with Crippen molar-refractivity contribution < 1.29 is 28.8 Å². The minimum absolute atomic E-state index is 0.151. The molecule has 2 amide bonds. The van der Waals surface area contributed by atoms with E-state index in [9.17, 15) is 24.5 Å². The van der Waals surface area contributed by atoms with Crippen LogP contribution in [0.1, 0.15) is 29.2 Å². The van der Waals surface area contributed by atoms with E-state index in [-0.39, 0.29) is 39.6 Å². The van der Waals surface area contributed by atoms with Crippen LogP contribution in [0.5, 0.6) is 5.75 Å². The molecule has 1 N–H and O–H groups in total. The van der Waals surface area contributed by atoms with Crippen molar-refractivity contribution in [1.29, 1.82) is 0 Å². The van der Waals surface area contributed by atoms with Crippen LogP contribution in [0.25, 0.3) is 0 Å². The van der Waals surface area contributed by atoms with Gasteiger partial charge in [0.15, 0.2) is 17.0 Å². The molecule has 12 heteroatoms. The van der Waals surface area contributed by atoms with Crippen LogP contribution in [0.2, 0.25) is 0 Å². The first-order valence-electron chi connectivity index (χ1n) is 9.24. The summed E-state index contributed by atoms with van der Waals surface area (Å²) in [6.45, 7) is 4.80. The van der Waals surface area contributed by atoms with Gasteiger partial charge in [0, 0.05) is 6.07 Å². The molecule has 11 nitrogen and oxygen atoms in total. The lowest BCUT2D eigenvalue weighted by Crippen LogP contribution is -2.50. The average molecular weight is 448 g/mol. The zero-order valence-corrected chi connectivity index (χ0v) is 18.0. The van der Waals surface area contributed by atoms with Gasteiger partial charge in [-0.15, -0.1) is 0 Å². The number of aromatic nitrogens is 1. The van der Waals surface area contributed by atoms with Crippen LogP contribution in [-0.4, -0.2) is 47.4 Å². The Morgan fingerprint density at radius 2 is 2.13 bits per heavy atom. The molecule has 1 unspecified atom stereocenters.